The van der Waals surface area contributed by atoms with Crippen molar-refractivity contribution in [3.8, 4) is 11.6 Å². The first-order valence-corrected chi connectivity index (χ1v) is 13.9. The Labute approximate surface area is 238 Å². The van der Waals surface area contributed by atoms with Crippen LogP contribution in [-0.4, -0.2) is 95.4 Å². The molecule has 10 nitrogen and oxygen atoms in total. The van der Waals surface area contributed by atoms with Crippen molar-refractivity contribution in [3.05, 3.63) is 89.6 Å². The molecule has 3 aromatic rings. The van der Waals surface area contributed by atoms with Gasteiger partial charge in [-0.05, 0) is 36.8 Å². The Morgan fingerprint density at radius 2 is 1.83 bits per heavy atom. The van der Waals surface area contributed by atoms with Gasteiger partial charge in [-0.3, -0.25) is 19.3 Å². The van der Waals surface area contributed by atoms with Crippen LogP contribution in [-0.2, 0) is 11.3 Å². The molecule has 3 amide bonds. The number of ether oxygens (including phenoxy) is 2. The van der Waals surface area contributed by atoms with Gasteiger partial charge in [-0.25, -0.2) is 4.98 Å². The van der Waals surface area contributed by atoms with Crippen molar-refractivity contribution in [1.29, 1.82) is 0 Å². The second-order valence-electron chi connectivity index (χ2n) is 10.6. The van der Waals surface area contributed by atoms with Crippen LogP contribution in [0.15, 0.2) is 72.9 Å². The minimum atomic E-state index is -0.447. The van der Waals surface area contributed by atoms with Gasteiger partial charge in [-0.15, -0.1) is 0 Å². The monoisotopic (exact) mass is 555 g/mol. The third-order valence-corrected chi connectivity index (χ3v) is 8.09. The summed E-state index contributed by atoms with van der Waals surface area (Å²) in [7, 11) is 1.64. The average Bonchev–Trinajstić information content (AvgIpc) is 3.41. The van der Waals surface area contributed by atoms with Gasteiger partial charge in [0.25, 0.3) is 11.8 Å². The number of fused-ring (bicyclic) bond motifs is 4. The van der Waals surface area contributed by atoms with E-state index in [4.69, 9.17) is 9.47 Å². The van der Waals surface area contributed by atoms with Gasteiger partial charge in [-0.2, -0.15) is 0 Å². The number of rotatable bonds is 4. The lowest BCUT2D eigenvalue weighted by molar-refractivity contribution is -0.141. The Morgan fingerprint density at radius 1 is 1.02 bits per heavy atom. The fraction of sp³-hybridized carbons (Fsp3) is 0.355. The number of pyridine rings is 1. The summed E-state index contributed by atoms with van der Waals surface area (Å²) in [5.41, 5.74) is 1.92. The molecule has 0 radical (unpaired) electrons. The molecule has 2 saturated heterocycles. The highest BCUT2D eigenvalue weighted by Crippen LogP contribution is 2.29. The van der Waals surface area contributed by atoms with Gasteiger partial charge < -0.3 is 24.6 Å². The summed E-state index contributed by atoms with van der Waals surface area (Å²) in [4.78, 5) is 50.9. The van der Waals surface area contributed by atoms with E-state index >= 15 is 0 Å². The minimum Gasteiger partial charge on any atom is -0.496 e. The molecule has 3 aliphatic heterocycles. The Morgan fingerprint density at radius 3 is 2.66 bits per heavy atom. The van der Waals surface area contributed by atoms with Gasteiger partial charge in [0.15, 0.2) is 0 Å². The maximum absolute atomic E-state index is 14.2. The molecule has 4 heterocycles. The molecule has 10 heteroatoms. The van der Waals surface area contributed by atoms with Crippen LogP contribution >= 0.6 is 0 Å². The van der Waals surface area contributed by atoms with Crippen LogP contribution in [0.3, 0.4) is 0 Å². The largest absolute Gasteiger partial charge is 0.496 e. The van der Waals surface area contributed by atoms with Crippen LogP contribution < -0.4 is 14.8 Å². The standard InChI is InChI=1S/C31H33N5O5/c1-40-27-12-6-5-10-22(27)17-35-18-23-16-26(35)31(39)36-15-14-34(30(38)21-8-3-2-4-9-21)19-24(36)20-41-29-25(28(37)33-23)11-7-13-32-29/h2-13,23-24,26H,14-20H2,1H3,(H,33,37)/t23-,24+,26+/m1/s1. The van der Waals surface area contributed by atoms with Crippen molar-refractivity contribution in [1.82, 2.24) is 25.0 Å². The summed E-state index contributed by atoms with van der Waals surface area (Å²) in [6.45, 7) is 2.23. The molecule has 0 saturated carbocycles. The van der Waals surface area contributed by atoms with Gasteiger partial charge in [0.1, 0.15) is 17.9 Å². The number of benzene rings is 2. The number of methoxy groups -OCH3 is 1. The van der Waals surface area contributed by atoms with Crippen molar-refractivity contribution >= 4 is 17.7 Å². The second-order valence-corrected chi connectivity index (χ2v) is 10.6. The van der Waals surface area contributed by atoms with E-state index in [2.05, 4.69) is 15.2 Å². The number of piperazine rings is 1. The van der Waals surface area contributed by atoms with Crippen LogP contribution in [0.1, 0.15) is 32.7 Å². The zero-order chi connectivity index (χ0) is 28.3. The Hall–Kier alpha value is -4.44. The molecule has 6 rings (SSSR count). The van der Waals surface area contributed by atoms with E-state index in [0.717, 1.165) is 11.3 Å². The van der Waals surface area contributed by atoms with Crippen LogP contribution in [0, 0.1) is 0 Å². The molecule has 1 N–H and O–H groups in total. The van der Waals surface area contributed by atoms with Gasteiger partial charge >= 0.3 is 0 Å². The summed E-state index contributed by atoms with van der Waals surface area (Å²) < 4.78 is 11.7. The second kappa shape index (κ2) is 11.6. The molecule has 3 atom stereocenters. The molecular formula is C31H33N5O5. The molecule has 2 bridgehead atoms. The number of amides is 3. The Kier molecular flexibility index (Phi) is 7.56. The first-order chi connectivity index (χ1) is 20.0. The molecule has 0 aliphatic carbocycles. The molecule has 2 fully saturated rings. The molecule has 212 valence electrons. The first kappa shape index (κ1) is 26.8. The van der Waals surface area contributed by atoms with Gasteiger partial charge in [0, 0.05) is 56.1 Å². The van der Waals surface area contributed by atoms with E-state index in [0.29, 0.717) is 50.3 Å². The molecular weight excluding hydrogens is 522 g/mol. The van der Waals surface area contributed by atoms with Crippen molar-refractivity contribution < 1.29 is 23.9 Å². The van der Waals surface area contributed by atoms with Crippen molar-refractivity contribution in [2.45, 2.75) is 31.1 Å². The van der Waals surface area contributed by atoms with Gasteiger partial charge in [0.05, 0.1) is 19.2 Å². The van der Waals surface area contributed by atoms with Gasteiger partial charge in [-0.1, -0.05) is 36.4 Å². The SMILES string of the molecule is COc1ccccc1CN1C[C@H]2C[C@H]1C(=O)N1CCN(C(=O)c3ccccc3)C[C@H]1COc1ncccc1C(=O)N2. The van der Waals surface area contributed by atoms with Crippen LogP contribution in [0.5, 0.6) is 11.6 Å². The highest BCUT2D eigenvalue weighted by atomic mass is 16.5. The van der Waals surface area contributed by atoms with Crippen LogP contribution in [0.2, 0.25) is 0 Å². The predicted octanol–water partition coefficient (Wildman–Crippen LogP) is 2.21. The van der Waals surface area contributed by atoms with E-state index in [1.54, 1.807) is 42.5 Å². The summed E-state index contributed by atoms with van der Waals surface area (Å²) in [5.74, 6) is 0.568. The quantitative estimate of drug-likeness (QED) is 0.527. The zero-order valence-corrected chi connectivity index (χ0v) is 22.9. The fourth-order valence-corrected chi connectivity index (χ4v) is 6.04. The topological polar surface area (TPSA) is 104 Å². The number of hydrogen-bond donors (Lipinski definition) is 1. The van der Waals surface area contributed by atoms with E-state index in [9.17, 15) is 14.4 Å². The lowest BCUT2D eigenvalue weighted by Gasteiger charge is -2.43. The number of nitrogens with zero attached hydrogens (tertiary/aromatic N) is 4. The molecule has 2 aromatic carbocycles. The number of nitrogens with one attached hydrogen (secondary N) is 1. The third-order valence-electron chi connectivity index (χ3n) is 8.09. The summed E-state index contributed by atoms with van der Waals surface area (Å²) in [6, 6.07) is 19.2. The lowest BCUT2D eigenvalue weighted by atomic mass is 10.1. The molecule has 3 aliphatic rings. The number of carbonyl (C=O) groups is 3. The van der Waals surface area contributed by atoms with E-state index in [1.165, 1.54) is 0 Å². The maximum atomic E-state index is 14.2. The van der Waals surface area contributed by atoms with Crippen molar-refractivity contribution in [3.63, 3.8) is 0 Å². The maximum Gasteiger partial charge on any atom is 0.257 e. The highest BCUT2D eigenvalue weighted by Gasteiger charge is 2.43. The summed E-state index contributed by atoms with van der Waals surface area (Å²) in [6.07, 6.45) is 2.06. The Balaban J connectivity index is 1.32. The van der Waals surface area contributed by atoms with Gasteiger partial charge in [0.2, 0.25) is 11.8 Å². The third kappa shape index (κ3) is 5.47. The minimum absolute atomic E-state index is 0.0288. The van der Waals surface area contributed by atoms with Crippen LogP contribution in [0.4, 0.5) is 0 Å². The summed E-state index contributed by atoms with van der Waals surface area (Å²) >= 11 is 0. The Bertz CT molecular complexity index is 1430. The lowest BCUT2D eigenvalue weighted by Crippen LogP contribution is -2.61. The normalized spacial score (nSPS) is 22.9. The number of para-hydroxylation sites is 1. The molecule has 1 aromatic heterocycles. The van der Waals surface area contributed by atoms with Crippen molar-refractivity contribution in [2.75, 3.05) is 39.9 Å². The van der Waals surface area contributed by atoms with Crippen molar-refractivity contribution in [2.24, 2.45) is 0 Å². The average molecular weight is 556 g/mol. The number of aromatic nitrogens is 1. The molecule has 41 heavy (non-hydrogen) atoms. The van der Waals surface area contributed by atoms with Crippen LogP contribution in [0.25, 0.3) is 0 Å². The first-order valence-electron chi connectivity index (χ1n) is 13.9. The van der Waals surface area contributed by atoms with E-state index in [1.807, 2.05) is 47.4 Å². The fourth-order valence-electron chi connectivity index (χ4n) is 6.04. The van der Waals surface area contributed by atoms with E-state index in [-0.39, 0.29) is 36.3 Å². The number of hydrogen-bond acceptors (Lipinski definition) is 7. The van der Waals surface area contributed by atoms with E-state index < -0.39 is 12.1 Å². The molecule has 0 unspecified atom stereocenters. The number of carbonyl (C=O) groups excluding carboxylic acids is 3. The summed E-state index contributed by atoms with van der Waals surface area (Å²) in [5, 5.41) is 3.10. The smallest absolute Gasteiger partial charge is 0.257 e. The zero-order valence-electron chi connectivity index (χ0n) is 22.9. The predicted molar refractivity (Wildman–Crippen MR) is 151 cm³/mol. The molecule has 0 spiro atoms. The number of likely N-dealkylation sites (tertiary alicyclic amines) is 1. The highest BCUT2D eigenvalue weighted by molar-refractivity contribution is 5.97.